The van der Waals surface area contributed by atoms with Gasteiger partial charge in [-0.2, -0.15) is 0 Å². The summed E-state index contributed by atoms with van der Waals surface area (Å²) in [5, 5.41) is 13.7. The number of benzene rings is 1. The van der Waals surface area contributed by atoms with Gasteiger partial charge in [0.1, 0.15) is 5.75 Å². The van der Waals surface area contributed by atoms with Crippen LogP contribution in [0, 0.1) is 0 Å². The number of aromatic hydroxyl groups is 1. The molecule has 2 rings (SSSR count). The van der Waals surface area contributed by atoms with E-state index >= 15 is 0 Å². The highest BCUT2D eigenvalue weighted by atomic mass is 32.2. The van der Waals surface area contributed by atoms with Crippen LogP contribution in [0.2, 0.25) is 0 Å². The predicted octanol–water partition coefficient (Wildman–Crippen LogP) is 1.47. The first-order valence-corrected chi connectivity index (χ1v) is 8.15. The maximum absolute atomic E-state index is 11.9. The zero-order valence-electron chi connectivity index (χ0n) is 10.3. The first-order valence-electron chi connectivity index (χ1n) is 5.38. The van der Waals surface area contributed by atoms with Crippen molar-refractivity contribution in [1.29, 1.82) is 0 Å². The molecule has 0 unspecified atom stereocenters. The highest BCUT2D eigenvalue weighted by molar-refractivity contribution is 7.92. The molecule has 0 aliphatic heterocycles. The van der Waals surface area contributed by atoms with E-state index in [0.717, 1.165) is 17.6 Å². The Hall–Kier alpha value is -2.13. The molecule has 9 heteroatoms. The smallest absolute Gasteiger partial charge is 0.261 e. The van der Waals surface area contributed by atoms with E-state index in [1.165, 1.54) is 17.5 Å². The zero-order chi connectivity index (χ0) is 14.8. The van der Waals surface area contributed by atoms with Gasteiger partial charge in [0.2, 0.25) is 10.0 Å². The van der Waals surface area contributed by atoms with Crippen LogP contribution in [0.15, 0.2) is 29.6 Å². The van der Waals surface area contributed by atoms with Gasteiger partial charge in [0.15, 0.2) is 10.9 Å². The number of nitrogens with zero attached hydrogens (tertiary/aromatic N) is 1. The number of hydrogen-bond donors (Lipinski definition) is 3. The number of phenolic OH excluding ortho intramolecular Hbond substituents is 1. The van der Waals surface area contributed by atoms with Crippen molar-refractivity contribution in [3.63, 3.8) is 0 Å². The zero-order valence-corrected chi connectivity index (χ0v) is 12.0. The van der Waals surface area contributed by atoms with Crippen molar-refractivity contribution in [1.82, 2.24) is 4.98 Å². The molecule has 0 saturated heterocycles. The first-order chi connectivity index (χ1) is 9.35. The maximum atomic E-state index is 11.9. The van der Waals surface area contributed by atoms with Crippen molar-refractivity contribution in [3.8, 4) is 5.75 Å². The van der Waals surface area contributed by atoms with Crippen LogP contribution >= 0.6 is 11.3 Å². The average Bonchev–Trinajstić information content (AvgIpc) is 2.74. The van der Waals surface area contributed by atoms with Gasteiger partial charge in [0.25, 0.3) is 5.91 Å². The number of hydrogen-bond acceptors (Lipinski definition) is 6. The van der Waals surface area contributed by atoms with Gasteiger partial charge in [0.05, 0.1) is 11.8 Å². The van der Waals surface area contributed by atoms with Gasteiger partial charge in [-0.3, -0.25) is 14.8 Å². The highest BCUT2D eigenvalue weighted by Gasteiger charge is 2.13. The largest absolute Gasteiger partial charge is 0.507 e. The molecule has 0 bridgehead atoms. The second kappa shape index (κ2) is 5.47. The fourth-order valence-corrected chi connectivity index (χ4v) is 2.59. The lowest BCUT2D eigenvalue weighted by atomic mass is 10.2. The minimum absolute atomic E-state index is 0.111. The average molecular weight is 313 g/mol. The molecule has 1 amide bonds. The van der Waals surface area contributed by atoms with Gasteiger partial charge in [-0.1, -0.05) is 12.1 Å². The van der Waals surface area contributed by atoms with Crippen molar-refractivity contribution in [2.75, 3.05) is 16.3 Å². The normalized spacial score (nSPS) is 11.1. The molecule has 20 heavy (non-hydrogen) atoms. The Morgan fingerprint density at radius 2 is 2.05 bits per heavy atom. The molecule has 2 aromatic rings. The number of amides is 1. The maximum Gasteiger partial charge on any atom is 0.261 e. The molecule has 0 atom stereocenters. The monoisotopic (exact) mass is 313 g/mol. The molecule has 1 aromatic heterocycles. The molecule has 0 radical (unpaired) electrons. The molecule has 106 valence electrons. The standard InChI is InChI=1S/C11H11N3O4S2/c1-20(17,18)14-9-6-19-11(12-9)13-10(16)7-4-2-3-5-8(7)15/h2-6,14-15H,1H3,(H,12,13,16). The number of anilines is 2. The van der Waals surface area contributed by atoms with Gasteiger partial charge in [-0.15, -0.1) is 11.3 Å². The number of carbonyl (C=O) groups is 1. The van der Waals surface area contributed by atoms with E-state index in [2.05, 4.69) is 15.0 Å². The van der Waals surface area contributed by atoms with Crippen LogP contribution in [-0.2, 0) is 10.0 Å². The minimum Gasteiger partial charge on any atom is -0.507 e. The Labute approximate surface area is 119 Å². The van der Waals surface area contributed by atoms with Crippen LogP contribution in [0.25, 0.3) is 0 Å². The third-order valence-electron chi connectivity index (χ3n) is 2.16. The second-order valence-corrected chi connectivity index (χ2v) is 6.49. The van der Waals surface area contributed by atoms with Crippen molar-refractivity contribution in [2.45, 2.75) is 0 Å². The van der Waals surface area contributed by atoms with E-state index < -0.39 is 15.9 Å². The summed E-state index contributed by atoms with van der Waals surface area (Å²) in [5.74, 6) is -0.538. The number of carbonyl (C=O) groups excluding carboxylic acids is 1. The molecule has 0 aliphatic rings. The fourth-order valence-electron chi connectivity index (χ4n) is 1.40. The third kappa shape index (κ3) is 3.68. The first kappa shape index (κ1) is 14.3. The summed E-state index contributed by atoms with van der Waals surface area (Å²) in [6.07, 6.45) is 1.01. The van der Waals surface area contributed by atoms with E-state index in [9.17, 15) is 18.3 Å². The van der Waals surface area contributed by atoms with Gasteiger partial charge in [-0.05, 0) is 12.1 Å². The highest BCUT2D eigenvalue weighted by Crippen LogP contribution is 2.22. The van der Waals surface area contributed by atoms with Gasteiger partial charge in [0, 0.05) is 5.38 Å². The van der Waals surface area contributed by atoms with Crippen molar-refractivity contribution in [3.05, 3.63) is 35.2 Å². The summed E-state index contributed by atoms with van der Waals surface area (Å²) < 4.78 is 24.3. The number of aromatic nitrogens is 1. The summed E-state index contributed by atoms with van der Waals surface area (Å²) in [7, 11) is -3.41. The van der Waals surface area contributed by atoms with Crippen LogP contribution < -0.4 is 10.0 Å². The van der Waals surface area contributed by atoms with Gasteiger partial charge < -0.3 is 5.11 Å². The topological polar surface area (TPSA) is 108 Å². The molecular weight excluding hydrogens is 302 g/mol. The third-order valence-corrected chi connectivity index (χ3v) is 3.50. The Morgan fingerprint density at radius 1 is 1.35 bits per heavy atom. The quantitative estimate of drug-likeness (QED) is 0.792. The predicted molar refractivity (Wildman–Crippen MR) is 76.6 cm³/mol. The number of nitrogens with one attached hydrogen (secondary N) is 2. The van der Waals surface area contributed by atoms with E-state index in [0.29, 0.717) is 0 Å². The van der Waals surface area contributed by atoms with Gasteiger partial charge in [-0.25, -0.2) is 13.4 Å². The molecule has 3 N–H and O–H groups in total. The SMILES string of the molecule is CS(=O)(=O)Nc1csc(NC(=O)c2ccccc2O)n1. The van der Waals surface area contributed by atoms with Crippen LogP contribution in [0.5, 0.6) is 5.75 Å². The van der Waals surface area contributed by atoms with Crippen LogP contribution in [0.3, 0.4) is 0 Å². The number of thiazole rings is 1. The van der Waals surface area contributed by atoms with Crippen LogP contribution in [0.1, 0.15) is 10.4 Å². The summed E-state index contributed by atoms with van der Waals surface area (Å²) in [4.78, 5) is 15.8. The summed E-state index contributed by atoms with van der Waals surface area (Å²) in [6, 6.07) is 6.08. The Morgan fingerprint density at radius 3 is 2.70 bits per heavy atom. The molecule has 0 fully saturated rings. The van der Waals surface area contributed by atoms with Gasteiger partial charge >= 0.3 is 0 Å². The molecule has 7 nitrogen and oxygen atoms in total. The molecule has 0 spiro atoms. The number of phenols is 1. The van der Waals surface area contributed by atoms with Crippen molar-refractivity contribution >= 4 is 38.2 Å². The summed E-state index contributed by atoms with van der Waals surface area (Å²) in [6.45, 7) is 0. The second-order valence-electron chi connectivity index (χ2n) is 3.88. The minimum atomic E-state index is -3.41. The van der Waals surface area contributed by atoms with Crippen LogP contribution in [0.4, 0.5) is 10.9 Å². The summed E-state index contributed by atoms with van der Waals surface area (Å²) in [5.41, 5.74) is 0.111. The molecule has 1 aromatic carbocycles. The lowest BCUT2D eigenvalue weighted by Gasteiger charge is -2.03. The number of rotatable bonds is 4. The number of sulfonamides is 1. The summed E-state index contributed by atoms with van der Waals surface area (Å²) >= 11 is 1.07. The fraction of sp³-hybridized carbons (Fsp3) is 0.0909. The van der Waals surface area contributed by atoms with Crippen LogP contribution in [-0.4, -0.2) is 30.7 Å². The van der Waals surface area contributed by atoms with E-state index in [-0.39, 0.29) is 22.3 Å². The van der Waals surface area contributed by atoms with E-state index in [4.69, 9.17) is 0 Å². The Kier molecular flexibility index (Phi) is 3.91. The molecular formula is C11H11N3O4S2. The van der Waals surface area contributed by atoms with Crippen molar-refractivity contribution < 1.29 is 18.3 Å². The van der Waals surface area contributed by atoms with Crippen molar-refractivity contribution in [2.24, 2.45) is 0 Å². The van der Waals surface area contributed by atoms with E-state index in [1.807, 2.05) is 0 Å². The van der Waals surface area contributed by atoms with E-state index in [1.54, 1.807) is 12.1 Å². The Balaban J connectivity index is 2.11. The lowest BCUT2D eigenvalue weighted by molar-refractivity contribution is 0.102. The molecule has 0 saturated carbocycles. The Bertz CT molecular complexity index is 740. The molecule has 1 heterocycles. The molecule has 0 aliphatic carbocycles. The number of para-hydroxylation sites is 1. The lowest BCUT2D eigenvalue weighted by Crippen LogP contribution is -2.12.